The summed E-state index contributed by atoms with van der Waals surface area (Å²) in [4.78, 5) is 12.0. The number of amides is 1. The van der Waals surface area contributed by atoms with Crippen molar-refractivity contribution in [2.45, 2.75) is 37.8 Å². The summed E-state index contributed by atoms with van der Waals surface area (Å²) in [5.74, 6) is -0.0726. The highest BCUT2D eigenvalue weighted by atomic mass is 79.9. The van der Waals surface area contributed by atoms with Crippen LogP contribution in [0.25, 0.3) is 0 Å². The SMILES string of the molecule is O=C(N[C@@H]1CCC[C@H](O)C1)c1ccccc1Br. The number of nitrogens with one attached hydrogen (secondary N) is 1. The summed E-state index contributed by atoms with van der Waals surface area (Å²) < 4.78 is 0.800. The van der Waals surface area contributed by atoms with Crippen molar-refractivity contribution >= 4 is 21.8 Å². The zero-order valence-electron chi connectivity index (χ0n) is 9.53. The molecule has 1 fully saturated rings. The summed E-state index contributed by atoms with van der Waals surface area (Å²) in [6.07, 6.45) is 3.17. The van der Waals surface area contributed by atoms with Gasteiger partial charge in [0.15, 0.2) is 0 Å². The van der Waals surface area contributed by atoms with Crippen LogP contribution in [0.15, 0.2) is 28.7 Å². The monoisotopic (exact) mass is 297 g/mol. The van der Waals surface area contributed by atoms with Crippen molar-refractivity contribution in [3.8, 4) is 0 Å². The van der Waals surface area contributed by atoms with Gasteiger partial charge in [-0.1, -0.05) is 12.1 Å². The van der Waals surface area contributed by atoms with Crippen LogP contribution >= 0.6 is 15.9 Å². The fourth-order valence-electron chi connectivity index (χ4n) is 2.20. The fourth-order valence-corrected chi connectivity index (χ4v) is 2.67. The van der Waals surface area contributed by atoms with Gasteiger partial charge in [-0.2, -0.15) is 0 Å². The molecule has 4 heteroatoms. The minimum absolute atomic E-state index is 0.0726. The van der Waals surface area contributed by atoms with Gasteiger partial charge in [0, 0.05) is 10.5 Å². The van der Waals surface area contributed by atoms with Gasteiger partial charge in [0.2, 0.25) is 0 Å². The molecule has 92 valence electrons. The second kappa shape index (κ2) is 5.65. The molecule has 0 aliphatic heterocycles. The third-order valence-corrected chi connectivity index (χ3v) is 3.79. The maximum atomic E-state index is 12.0. The number of carbonyl (C=O) groups excluding carboxylic acids is 1. The number of halogens is 1. The van der Waals surface area contributed by atoms with Crippen LogP contribution in [-0.2, 0) is 0 Å². The molecule has 0 unspecified atom stereocenters. The van der Waals surface area contributed by atoms with Crippen LogP contribution in [0, 0.1) is 0 Å². The van der Waals surface area contributed by atoms with Crippen LogP contribution in [0.2, 0.25) is 0 Å². The van der Waals surface area contributed by atoms with Gasteiger partial charge in [-0.25, -0.2) is 0 Å². The van der Waals surface area contributed by atoms with Crippen LogP contribution in [0.3, 0.4) is 0 Å². The largest absolute Gasteiger partial charge is 0.393 e. The van der Waals surface area contributed by atoms with E-state index in [1.165, 1.54) is 0 Å². The van der Waals surface area contributed by atoms with E-state index in [1.54, 1.807) is 6.07 Å². The quantitative estimate of drug-likeness (QED) is 0.881. The summed E-state index contributed by atoms with van der Waals surface area (Å²) in [5, 5.41) is 12.5. The van der Waals surface area contributed by atoms with Crippen molar-refractivity contribution in [2.75, 3.05) is 0 Å². The van der Waals surface area contributed by atoms with Crippen LogP contribution in [0.1, 0.15) is 36.0 Å². The number of carbonyl (C=O) groups is 1. The first-order chi connectivity index (χ1) is 8.16. The predicted octanol–water partition coefficient (Wildman–Crippen LogP) is 2.48. The summed E-state index contributed by atoms with van der Waals surface area (Å²) in [7, 11) is 0. The van der Waals surface area contributed by atoms with E-state index in [4.69, 9.17) is 0 Å². The predicted molar refractivity (Wildman–Crippen MR) is 69.9 cm³/mol. The zero-order chi connectivity index (χ0) is 12.3. The third-order valence-electron chi connectivity index (χ3n) is 3.10. The molecule has 0 radical (unpaired) electrons. The van der Waals surface area contributed by atoms with Gasteiger partial charge < -0.3 is 10.4 Å². The topological polar surface area (TPSA) is 49.3 Å². The molecule has 0 saturated heterocycles. The Morgan fingerprint density at radius 1 is 1.35 bits per heavy atom. The van der Waals surface area contributed by atoms with E-state index >= 15 is 0 Å². The lowest BCUT2D eigenvalue weighted by atomic mass is 9.93. The molecule has 0 aromatic heterocycles. The average Bonchev–Trinajstić information content (AvgIpc) is 2.29. The Balaban J connectivity index is 1.99. The molecule has 0 heterocycles. The van der Waals surface area contributed by atoms with Crippen molar-refractivity contribution in [2.24, 2.45) is 0 Å². The molecule has 1 aromatic carbocycles. The highest BCUT2D eigenvalue weighted by molar-refractivity contribution is 9.10. The lowest BCUT2D eigenvalue weighted by molar-refractivity contribution is 0.0849. The maximum absolute atomic E-state index is 12.0. The van der Waals surface area contributed by atoms with Crippen LogP contribution in [0.4, 0.5) is 0 Å². The molecule has 1 aromatic rings. The number of rotatable bonds is 2. The number of aliphatic hydroxyl groups excluding tert-OH is 1. The molecule has 1 saturated carbocycles. The van der Waals surface area contributed by atoms with Crippen LogP contribution in [-0.4, -0.2) is 23.2 Å². The Morgan fingerprint density at radius 3 is 2.82 bits per heavy atom. The highest BCUT2D eigenvalue weighted by Crippen LogP contribution is 2.20. The second-order valence-electron chi connectivity index (χ2n) is 4.47. The Labute approximate surface area is 109 Å². The zero-order valence-corrected chi connectivity index (χ0v) is 11.1. The molecular formula is C13H16BrNO2. The molecule has 17 heavy (non-hydrogen) atoms. The molecular weight excluding hydrogens is 282 g/mol. The van der Waals surface area contributed by atoms with E-state index in [-0.39, 0.29) is 18.1 Å². The Kier molecular flexibility index (Phi) is 4.18. The number of hydrogen-bond donors (Lipinski definition) is 2. The van der Waals surface area contributed by atoms with Gasteiger partial charge in [-0.3, -0.25) is 4.79 Å². The van der Waals surface area contributed by atoms with E-state index in [1.807, 2.05) is 18.2 Å². The smallest absolute Gasteiger partial charge is 0.252 e. The number of hydrogen-bond acceptors (Lipinski definition) is 2. The minimum atomic E-state index is -0.270. The van der Waals surface area contributed by atoms with E-state index in [2.05, 4.69) is 21.2 Å². The molecule has 1 aliphatic rings. The van der Waals surface area contributed by atoms with Gasteiger partial charge in [0.1, 0.15) is 0 Å². The van der Waals surface area contributed by atoms with Crippen LogP contribution < -0.4 is 5.32 Å². The number of aliphatic hydroxyl groups is 1. The first-order valence-corrected chi connectivity index (χ1v) is 6.69. The van der Waals surface area contributed by atoms with Crippen molar-refractivity contribution in [3.63, 3.8) is 0 Å². The second-order valence-corrected chi connectivity index (χ2v) is 5.32. The first-order valence-electron chi connectivity index (χ1n) is 5.90. The van der Waals surface area contributed by atoms with Crippen molar-refractivity contribution in [3.05, 3.63) is 34.3 Å². The van der Waals surface area contributed by atoms with Gasteiger partial charge in [-0.05, 0) is 53.7 Å². The average molecular weight is 298 g/mol. The molecule has 0 spiro atoms. The molecule has 2 rings (SSSR count). The Bertz CT molecular complexity index is 408. The van der Waals surface area contributed by atoms with Gasteiger partial charge in [0.25, 0.3) is 5.91 Å². The van der Waals surface area contributed by atoms with Crippen LogP contribution in [0.5, 0.6) is 0 Å². The Hall–Kier alpha value is -0.870. The van der Waals surface area contributed by atoms with Crippen molar-refractivity contribution < 1.29 is 9.90 Å². The fraction of sp³-hybridized carbons (Fsp3) is 0.462. The molecule has 2 atom stereocenters. The van der Waals surface area contributed by atoms with E-state index < -0.39 is 0 Å². The highest BCUT2D eigenvalue weighted by Gasteiger charge is 2.22. The molecule has 3 nitrogen and oxygen atoms in total. The third kappa shape index (κ3) is 3.30. The van der Waals surface area contributed by atoms with Gasteiger partial charge in [-0.15, -0.1) is 0 Å². The summed E-state index contributed by atoms with van der Waals surface area (Å²) in [6, 6.07) is 7.46. The molecule has 1 aliphatic carbocycles. The Morgan fingerprint density at radius 2 is 2.12 bits per heavy atom. The van der Waals surface area contributed by atoms with Gasteiger partial charge in [0.05, 0.1) is 11.7 Å². The van der Waals surface area contributed by atoms with E-state index in [9.17, 15) is 9.90 Å². The van der Waals surface area contributed by atoms with Crippen molar-refractivity contribution in [1.82, 2.24) is 5.32 Å². The van der Waals surface area contributed by atoms with Gasteiger partial charge >= 0.3 is 0 Å². The normalized spacial score (nSPS) is 24.4. The van der Waals surface area contributed by atoms with Crippen molar-refractivity contribution in [1.29, 1.82) is 0 Å². The lowest BCUT2D eigenvalue weighted by Crippen LogP contribution is -2.39. The first kappa shape index (κ1) is 12.6. The molecule has 0 bridgehead atoms. The minimum Gasteiger partial charge on any atom is -0.393 e. The maximum Gasteiger partial charge on any atom is 0.252 e. The summed E-state index contributed by atoms with van der Waals surface area (Å²) in [6.45, 7) is 0. The molecule has 2 N–H and O–H groups in total. The van der Waals surface area contributed by atoms with E-state index in [0.29, 0.717) is 12.0 Å². The lowest BCUT2D eigenvalue weighted by Gasteiger charge is -2.26. The standard InChI is InChI=1S/C13H16BrNO2/c14-12-7-2-1-6-11(12)13(17)15-9-4-3-5-10(16)8-9/h1-2,6-7,9-10,16H,3-5,8H2,(H,15,17)/t9-,10+/m1/s1. The molecule has 1 amide bonds. The summed E-state index contributed by atoms with van der Waals surface area (Å²) in [5.41, 5.74) is 0.646. The number of benzene rings is 1. The van der Waals surface area contributed by atoms with E-state index in [0.717, 1.165) is 23.7 Å². The summed E-state index contributed by atoms with van der Waals surface area (Å²) >= 11 is 3.36.